The second-order valence-corrected chi connectivity index (χ2v) is 4.23. The number of hydrogen-bond acceptors (Lipinski definition) is 3. The van der Waals surface area contributed by atoms with Gasteiger partial charge in [0.05, 0.1) is 13.7 Å². The van der Waals surface area contributed by atoms with Crippen LogP contribution in [0, 0.1) is 11.6 Å². The maximum atomic E-state index is 13.4. The van der Waals surface area contributed by atoms with Crippen LogP contribution in [0.15, 0.2) is 42.5 Å². The maximum absolute atomic E-state index is 13.4. The van der Waals surface area contributed by atoms with Gasteiger partial charge >= 0.3 is 0 Å². The zero-order chi connectivity index (χ0) is 15.2. The van der Waals surface area contributed by atoms with Crippen molar-refractivity contribution in [2.75, 3.05) is 24.3 Å². The Kier molecular flexibility index (Phi) is 4.71. The van der Waals surface area contributed by atoms with Crippen LogP contribution in [0.2, 0.25) is 0 Å². The van der Waals surface area contributed by atoms with Crippen LogP contribution in [0.3, 0.4) is 0 Å². The summed E-state index contributed by atoms with van der Waals surface area (Å²) in [6.07, 6.45) is 0. The molecule has 0 atom stereocenters. The van der Waals surface area contributed by atoms with Gasteiger partial charge in [0.2, 0.25) is 5.91 Å². The number of anilines is 2. The summed E-state index contributed by atoms with van der Waals surface area (Å²) in [4.78, 5) is 11.7. The number of amides is 1. The maximum Gasteiger partial charge on any atom is 0.243 e. The van der Waals surface area contributed by atoms with Gasteiger partial charge in [-0.05, 0) is 36.4 Å². The summed E-state index contributed by atoms with van der Waals surface area (Å²) < 4.78 is 31.7. The summed E-state index contributed by atoms with van der Waals surface area (Å²) in [7, 11) is 1.55. The number of carbonyl (C=O) groups excluding carboxylic acids is 1. The number of nitrogens with one attached hydrogen (secondary N) is 2. The fourth-order valence-corrected chi connectivity index (χ4v) is 1.69. The lowest BCUT2D eigenvalue weighted by Crippen LogP contribution is -2.22. The van der Waals surface area contributed by atoms with Gasteiger partial charge < -0.3 is 15.4 Å². The van der Waals surface area contributed by atoms with Crippen LogP contribution in [0.25, 0.3) is 0 Å². The molecule has 2 N–H and O–H groups in total. The van der Waals surface area contributed by atoms with E-state index in [0.29, 0.717) is 11.4 Å². The van der Waals surface area contributed by atoms with Crippen molar-refractivity contribution in [1.82, 2.24) is 0 Å². The zero-order valence-electron chi connectivity index (χ0n) is 11.3. The SMILES string of the molecule is COc1ccc(NCC(=O)Nc2c(F)cccc2F)cc1. The number of para-hydroxylation sites is 1. The lowest BCUT2D eigenvalue weighted by molar-refractivity contribution is -0.114. The quantitative estimate of drug-likeness (QED) is 0.890. The molecular formula is C15H14F2N2O2. The Morgan fingerprint density at radius 2 is 1.71 bits per heavy atom. The lowest BCUT2D eigenvalue weighted by atomic mass is 10.3. The van der Waals surface area contributed by atoms with Gasteiger partial charge in [-0.3, -0.25) is 4.79 Å². The minimum Gasteiger partial charge on any atom is -0.497 e. The molecule has 0 aliphatic carbocycles. The van der Waals surface area contributed by atoms with Crippen LogP contribution in [0.5, 0.6) is 5.75 Å². The molecule has 0 aliphatic rings. The second kappa shape index (κ2) is 6.69. The first-order valence-electron chi connectivity index (χ1n) is 6.22. The van der Waals surface area contributed by atoms with Crippen LogP contribution < -0.4 is 15.4 Å². The van der Waals surface area contributed by atoms with Crippen LogP contribution in [0.1, 0.15) is 0 Å². The molecule has 4 nitrogen and oxygen atoms in total. The molecule has 0 unspecified atom stereocenters. The summed E-state index contributed by atoms with van der Waals surface area (Å²) in [5.41, 5.74) is 0.249. The number of methoxy groups -OCH3 is 1. The Morgan fingerprint density at radius 3 is 2.29 bits per heavy atom. The minimum absolute atomic E-state index is 0.111. The summed E-state index contributed by atoms with van der Waals surface area (Å²) in [6.45, 7) is -0.111. The Balaban J connectivity index is 1.92. The highest BCUT2D eigenvalue weighted by atomic mass is 19.1. The van der Waals surface area contributed by atoms with Crippen molar-refractivity contribution in [3.05, 3.63) is 54.1 Å². The number of hydrogen-bond donors (Lipinski definition) is 2. The van der Waals surface area contributed by atoms with Crippen LogP contribution >= 0.6 is 0 Å². The Hall–Kier alpha value is -2.63. The van der Waals surface area contributed by atoms with Gasteiger partial charge in [0.1, 0.15) is 23.1 Å². The fourth-order valence-electron chi connectivity index (χ4n) is 1.69. The molecule has 0 radical (unpaired) electrons. The molecule has 0 saturated carbocycles. The second-order valence-electron chi connectivity index (χ2n) is 4.23. The van der Waals surface area contributed by atoms with E-state index in [2.05, 4.69) is 10.6 Å². The summed E-state index contributed by atoms with van der Waals surface area (Å²) in [6, 6.07) is 10.3. The predicted octanol–water partition coefficient (Wildman–Crippen LogP) is 3.02. The van der Waals surface area contributed by atoms with Gasteiger partial charge in [-0.15, -0.1) is 0 Å². The van der Waals surface area contributed by atoms with Gasteiger partial charge in [-0.25, -0.2) is 8.78 Å². The average Bonchev–Trinajstić information content (AvgIpc) is 2.49. The van der Waals surface area contributed by atoms with E-state index >= 15 is 0 Å². The van der Waals surface area contributed by atoms with E-state index in [1.165, 1.54) is 6.07 Å². The highest BCUT2D eigenvalue weighted by Gasteiger charge is 2.11. The number of carbonyl (C=O) groups is 1. The van der Waals surface area contributed by atoms with Crippen molar-refractivity contribution in [3.8, 4) is 5.75 Å². The van der Waals surface area contributed by atoms with E-state index in [-0.39, 0.29) is 6.54 Å². The summed E-state index contributed by atoms with van der Waals surface area (Å²) in [5.74, 6) is -1.48. The van der Waals surface area contributed by atoms with E-state index < -0.39 is 23.2 Å². The summed E-state index contributed by atoms with van der Waals surface area (Å²) in [5, 5.41) is 5.04. The normalized spacial score (nSPS) is 10.0. The zero-order valence-corrected chi connectivity index (χ0v) is 11.3. The van der Waals surface area contributed by atoms with Crippen molar-refractivity contribution in [1.29, 1.82) is 0 Å². The number of benzene rings is 2. The number of halogens is 2. The van der Waals surface area contributed by atoms with E-state index in [1.54, 1.807) is 31.4 Å². The smallest absolute Gasteiger partial charge is 0.243 e. The molecule has 21 heavy (non-hydrogen) atoms. The van der Waals surface area contributed by atoms with E-state index in [4.69, 9.17) is 4.74 Å². The first-order valence-corrected chi connectivity index (χ1v) is 6.22. The monoisotopic (exact) mass is 292 g/mol. The van der Waals surface area contributed by atoms with Gasteiger partial charge in [0.25, 0.3) is 0 Å². The standard InChI is InChI=1S/C15H14F2N2O2/c1-21-11-7-5-10(6-8-11)18-9-14(20)19-15-12(16)3-2-4-13(15)17/h2-8,18H,9H2,1H3,(H,19,20). The van der Waals surface area contributed by atoms with Gasteiger partial charge in [0.15, 0.2) is 0 Å². The summed E-state index contributed by atoms with van der Waals surface area (Å²) >= 11 is 0. The van der Waals surface area contributed by atoms with Crippen molar-refractivity contribution in [2.45, 2.75) is 0 Å². The van der Waals surface area contributed by atoms with E-state index in [9.17, 15) is 13.6 Å². The lowest BCUT2D eigenvalue weighted by Gasteiger charge is -2.09. The number of rotatable bonds is 5. The van der Waals surface area contributed by atoms with Crippen LogP contribution in [-0.2, 0) is 4.79 Å². The fraction of sp³-hybridized carbons (Fsp3) is 0.133. The third-order valence-corrected chi connectivity index (χ3v) is 2.77. The molecule has 110 valence electrons. The van der Waals surface area contributed by atoms with Gasteiger partial charge in [-0.2, -0.15) is 0 Å². The molecule has 2 rings (SSSR count). The van der Waals surface area contributed by atoms with Gasteiger partial charge in [-0.1, -0.05) is 6.07 Å². The Labute approximate surface area is 120 Å². The Bertz CT molecular complexity index is 610. The largest absolute Gasteiger partial charge is 0.497 e. The molecule has 0 bridgehead atoms. The molecule has 6 heteroatoms. The van der Waals surface area contributed by atoms with Crippen LogP contribution in [0.4, 0.5) is 20.2 Å². The van der Waals surface area contributed by atoms with E-state index in [0.717, 1.165) is 12.1 Å². The molecule has 2 aromatic rings. The molecule has 0 fully saturated rings. The highest BCUT2D eigenvalue weighted by molar-refractivity contribution is 5.93. The molecule has 2 aromatic carbocycles. The molecule has 0 aliphatic heterocycles. The number of ether oxygens (including phenoxy) is 1. The first-order chi connectivity index (χ1) is 10.1. The molecular weight excluding hydrogens is 278 g/mol. The molecule has 0 saturated heterocycles. The highest BCUT2D eigenvalue weighted by Crippen LogP contribution is 2.18. The predicted molar refractivity (Wildman–Crippen MR) is 76.5 cm³/mol. The van der Waals surface area contributed by atoms with Crippen molar-refractivity contribution in [3.63, 3.8) is 0 Å². The minimum atomic E-state index is -0.812. The van der Waals surface area contributed by atoms with E-state index in [1.807, 2.05) is 0 Å². The van der Waals surface area contributed by atoms with Crippen molar-refractivity contribution < 1.29 is 18.3 Å². The van der Waals surface area contributed by atoms with Gasteiger partial charge in [0, 0.05) is 5.69 Å². The first kappa shape index (κ1) is 14.8. The molecule has 0 aromatic heterocycles. The average molecular weight is 292 g/mol. The third kappa shape index (κ3) is 3.92. The molecule has 0 spiro atoms. The molecule has 0 heterocycles. The van der Waals surface area contributed by atoms with Crippen molar-refractivity contribution >= 4 is 17.3 Å². The molecule has 1 amide bonds. The van der Waals surface area contributed by atoms with Crippen LogP contribution in [-0.4, -0.2) is 19.6 Å². The third-order valence-electron chi connectivity index (χ3n) is 2.77. The Morgan fingerprint density at radius 1 is 1.10 bits per heavy atom. The van der Waals surface area contributed by atoms with Crippen molar-refractivity contribution in [2.24, 2.45) is 0 Å². The topological polar surface area (TPSA) is 50.4 Å².